The normalized spacial score (nSPS) is 24.0. The molecule has 28 heavy (non-hydrogen) atoms. The molecule has 1 aliphatic carbocycles. The number of carbonyl (C=O) groups excluding carboxylic acids is 2. The Hall–Kier alpha value is -2.61. The summed E-state index contributed by atoms with van der Waals surface area (Å²) in [6, 6.07) is 3.98. The molecule has 1 aromatic heterocycles. The summed E-state index contributed by atoms with van der Waals surface area (Å²) < 4.78 is 14.9. The number of nitrogen functional groups attached to an aromatic ring is 1. The average molecular weight is 406 g/mol. The smallest absolute Gasteiger partial charge is 0.261 e. The maximum absolute atomic E-state index is 13.4. The molecular formula is C19H21ClFN5O2. The topological polar surface area (TPSA) is 102 Å². The Kier molecular flexibility index (Phi) is 4.74. The summed E-state index contributed by atoms with van der Waals surface area (Å²) in [4.78, 5) is 24.6. The van der Waals surface area contributed by atoms with Gasteiger partial charge in [0.25, 0.3) is 5.91 Å². The van der Waals surface area contributed by atoms with Crippen molar-refractivity contribution in [2.24, 2.45) is 18.9 Å². The van der Waals surface area contributed by atoms with Crippen LogP contribution in [0.5, 0.6) is 0 Å². The molecule has 2 aromatic rings. The van der Waals surface area contributed by atoms with Crippen LogP contribution in [0.3, 0.4) is 0 Å². The lowest BCUT2D eigenvalue weighted by atomic mass is 9.89. The molecule has 2 aliphatic rings. The van der Waals surface area contributed by atoms with Gasteiger partial charge in [-0.15, -0.1) is 0 Å². The molecule has 1 saturated carbocycles. The van der Waals surface area contributed by atoms with Crippen molar-refractivity contribution >= 4 is 34.9 Å². The van der Waals surface area contributed by atoms with Gasteiger partial charge in [0.05, 0.1) is 10.7 Å². The summed E-state index contributed by atoms with van der Waals surface area (Å²) in [5.41, 5.74) is 7.48. The molecule has 2 heterocycles. The lowest BCUT2D eigenvalue weighted by Crippen LogP contribution is -2.38. The molecule has 4 N–H and O–H groups in total. The molecule has 1 unspecified atom stereocenters. The summed E-state index contributed by atoms with van der Waals surface area (Å²) in [6.45, 7) is 0.665. The quantitative estimate of drug-likeness (QED) is 0.730. The lowest BCUT2D eigenvalue weighted by molar-refractivity contribution is -0.124. The maximum atomic E-state index is 13.4. The predicted octanol–water partition coefficient (Wildman–Crippen LogP) is 2.68. The van der Waals surface area contributed by atoms with E-state index in [1.807, 2.05) is 0 Å². The zero-order valence-electron chi connectivity index (χ0n) is 15.3. The minimum absolute atomic E-state index is 0.0590. The van der Waals surface area contributed by atoms with Crippen molar-refractivity contribution < 1.29 is 14.0 Å². The van der Waals surface area contributed by atoms with Gasteiger partial charge in [-0.1, -0.05) is 11.6 Å². The molecule has 0 radical (unpaired) electrons. The number of halogens is 2. The molecule has 2 amide bonds. The highest BCUT2D eigenvalue weighted by Crippen LogP contribution is 2.46. The van der Waals surface area contributed by atoms with Gasteiger partial charge in [-0.2, -0.15) is 5.10 Å². The number of carbonyl (C=O) groups is 2. The van der Waals surface area contributed by atoms with Crippen LogP contribution in [0.25, 0.3) is 0 Å². The molecule has 4 rings (SSSR count). The molecule has 9 heteroatoms. The van der Waals surface area contributed by atoms with Crippen LogP contribution in [0, 0.1) is 17.7 Å². The minimum Gasteiger partial charge on any atom is -0.383 e. The van der Waals surface area contributed by atoms with Crippen molar-refractivity contribution in [3.05, 3.63) is 40.3 Å². The summed E-state index contributed by atoms with van der Waals surface area (Å²) in [7, 11) is 1.69. The van der Waals surface area contributed by atoms with E-state index in [0.29, 0.717) is 41.7 Å². The van der Waals surface area contributed by atoms with E-state index in [9.17, 15) is 14.0 Å². The van der Waals surface area contributed by atoms with E-state index in [0.717, 1.165) is 12.8 Å². The van der Waals surface area contributed by atoms with Gasteiger partial charge in [0.2, 0.25) is 5.91 Å². The molecule has 0 bridgehead atoms. The lowest BCUT2D eigenvalue weighted by Gasteiger charge is -2.24. The monoisotopic (exact) mass is 405 g/mol. The van der Waals surface area contributed by atoms with Crippen molar-refractivity contribution in [3.8, 4) is 0 Å². The van der Waals surface area contributed by atoms with E-state index in [4.69, 9.17) is 17.3 Å². The zero-order valence-corrected chi connectivity index (χ0v) is 16.1. The van der Waals surface area contributed by atoms with E-state index >= 15 is 0 Å². The summed E-state index contributed by atoms with van der Waals surface area (Å²) >= 11 is 5.79. The fourth-order valence-electron chi connectivity index (χ4n) is 4.33. The van der Waals surface area contributed by atoms with Crippen LogP contribution in [-0.4, -0.2) is 28.1 Å². The first-order valence-corrected chi connectivity index (χ1v) is 9.56. The summed E-state index contributed by atoms with van der Waals surface area (Å²) in [5.74, 6) is 0.124. The van der Waals surface area contributed by atoms with Gasteiger partial charge in [-0.25, -0.2) is 4.39 Å². The van der Waals surface area contributed by atoms with Crippen molar-refractivity contribution in [1.29, 1.82) is 0 Å². The Bertz CT molecular complexity index is 960. The number of aromatic nitrogens is 2. The number of hydrogen-bond acceptors (Lipinski definition) is 4. The highest BCUT2D eigenvalue weighted by Gasteiger charge is 2.41. The maximum Gasteiger partial charge on any atom is 0.261 e. The Balaban J connectivity index is 1.60. The standard InChI is InChI=1S/C19H21ClFN5O2/c1-26-18(22)16(19(28)24-12-2-3-14(21)13(20)7-12)17(25-26)10-4-9-6-15(27)23-8-11(9)5-10/h2-3,7,9-11H,4-6,8,22H2,1H3,(H,23,27)(H,24,28)/t9-,10+,11?/m1/s1. The second kappa shape index (κ2) is 7.09. The summed E-state index contributed by atoms with van der Waals surface area (Å²) in [6.07, 6.45) is 2.17. The highest BCUT2D eigenvalue weighted by atomic mass is 35.5. The van der Waals surface area contributed by atoms with Crippen molar-refractivity contribution in [2.75, 3.05) is 17.6 Å². The number of benzene rings is 1. The second-order valence-electron chi connectivity index (χ2n) is 7.55. The number of amides is 2. The van der Waals surface area contributed by atoms with E-state index in [2.05, 4.69) is 15.7 Å². The molecule has 148 valence electrons. The molecule has 1 aliphatic heterocycles. The van der Waals surface area contributed by atoms with Gasteiger partial charge in [0.1, 0.15) is 17.2 Å². The highest BCUT2D eigenvalue weighted by molar-refractivity contribution is 6.31. The number of piperidine rings is 1. The van der Waals surface area contributed by atoms with Crippen LogP contribution in [0.4, 0.5) is 15.9 Å². The third-order valence-electron chi connectivity index (χ3n) is 5.76. The van der Waals surface area contributed by atoms with E-state index in [1.54, 1.807) is 7.05 Å². The Labute approximate surface area is 166 Å². The minimum atomic E-state index is -0.557. The van der Waals surface area contributed by atoms with Crippen molar-refractivity contribution in [2.45, 2.75) is 25.2 Å². The second-order valence-corrected chi connectivity index (χ2v) is 7.96. The number of aryl methyl sites for hydroxylation is 1. The van der Waals surface area contributed by atoms with Crippen LogP contribution in [0.15, 0.2) is 18.2 Å². The van der Waals surface area contributed by atoms with Gasteiger partial charge >= 0.3 is 0 Å². The zero-order chi connectivity index (χ0) is 20.0. The van der Waals surface area contributed by atoms with Crippen LogP contribution < -0.4 is 16.4 Å². The van der Waals surface area contributed by atoms with Gasteiger partial charge in [0.15, 0.2) is 0 Å². The number of fused-ring (bicyclic) bond motifs is 1. The number of nitrogens with zero attached hydrogens (tertiary/aromatic N) is 2. The Morgan fingerprint density at radius 1 is 1.39 bits per heavy atom. The fraction of sp³-hybridized carbons (Fsp3) is 0.421. The van der Waals surface area contributed by atoms with E-state index in [-0.39, 0.29) is 22.7 Å². The first kappa shape index (κ1) is 18.7. The molecular weight excluding hydrogens is 385 g/mol. The van der Waals surface area contributed by atoms with Gasteiger partial charge in [0, 0.05) is 31.6 Å². The van der Waals surface area contributed by atoms with Gasteiger partial charge in [-0.3, -0.25) is 14.3 Å². The number of nitrogens with two attached hydrogens (primary N) is 1. The first-order chi connectivity index (χ1) is 13.3. The van der Waals surface area contributed by atoms with E-state index in [1.165, 1.54) is 22.9 Å². The Morgan fingerprint density at radius 3 is 2.89 bits per heavy atom. The molecule has 1 saturated heterocycles. The fourth-order valence-corrected chi connectivity index (χ4v) is 4.52. The van der Waals surface area contributed by atoms with Crippen molar-refractivity contribution in [3.63, 3.8) is 0 Å². The van der Waals surface area contributed by atoms with Crippen molar-refractivity contribution in [1.82, 2.24) is 15.1 Å². The number of anilines is 2. The van der Waals surface area contributed by atoms with E-state index < -0.39 is 11.7 Å². The van der Waals surface area contributed by atoms with Crippen LogP contribution >= 0.6 is 11.6 Å². The first-order valence-electron chi connectivity index (χ1n) is 9.19. The molecule has 0 spiro atoms. The summed E-state index contributed by atoms with van der Waals surface area (Å²) in [5, 5.41) is 10.1. The largest absolute Gasteiger partial charge is 0.383 e. The Morgan fingerprint density at radius 2 is 2.14 bits per heavy atom. The predicted molar refractivity (Wildman–Crippen MR) is 104 cm³/mol. The van der Waals surface area contributed by atoms with Crippen LogP contribution in [-0.2, 0) is 11.8 Å². The third kappa shape index (κ3) is 3.32. The van der Waals surface area contributed by atoms with Gasteiger partial charge in [-0.05, 0) is 42.9 Å². The molecule has 7 nitrogen and oxygen atoms in total. The number of nitrogens with one attached hydrogen (secondary N) is 2. The molecule has 1 aromatic carbocycles. The third-order valence-corrected chi connectivity index (χ3v) is 6.05. The number of rotatable bonds is 3. The van der Waals surface area contributed by atoms with Gasteiger partial charge < -0.3 is 16.4 Å². The number of hydrogen-bond donors (Lipinski definition) is 3. The van der Waals surface area contributed by atoms with Crippen LogP contribution in [0.1, 0.15) is 41.2 Å². The SMILES string of the molecule is Cn1nc([C@@H]2CC3CNC(=O)C[C@H]3C2)c(C(=O)Nc2ccc(F)c(Cl)c2)c1N. The van der Waals surface area contributed by atoms with Crippen LogP contribution in [0.2, 0.25) is 5.02 Å². The average Bonchev–Trinajstić information content (AvgIpc) is 3.19. The molecule has 2 fully saturated rings. The molecule has 3 atom stereocenters.